The number of carbonyl (C=O) groups is 2. The zero-order valence-corrected chi connectivity index (χ0v) is 13.5. The van der Waals surface area contributed by atoms with Gasteiger partial charge in [0.1, 0.15) is 5.75 Å². The van der Waals surface area contributed by atoms with E-state index in [9.17, 15) is 18.4 Å². The molecule has 1 aromatic carbocycles. The molecule has 0 saturated carbocycles. The van der Waals surface area contributed by atoms with E-state index >= 15 is 0 Å². The quantitative estimate of drug-likeness (QED) is 0.774. The Morgan fingerprint density at radius 2 is 1.92 bits per heavy atom. The van der Waals surface area contributed by atoms with Crippen molar-refractivity contribution in [3.05, 3.63) is 52.2 Å². The first-order valence-electron chi connectivity index (χ1n) is 7.00. The van der Waals surface area contributed by atoms with Crippen molar-refractivity contribution in [2.24, 2.45) is 0 Å². The van der Waals surface area contributed by atoms with Crippen LogP contribution in [-0.4, -0.2) is 25.1 Å². The van der Waals surface area contributed by atoms with Crippen LogP contribution in [0.1, 0.15) is 28.2 Å². The number of hydrogen-bond acceptors (Lipinski definition) is 5. The molecule has 8 heteroatoms. The average molecular weight is 355 g/mol. The summed E-state index contributed by atoms with van der Waals surface area (Å²) in [6.07, 6.45) is 0. The molecule has 1 aromatic heterocycles. The first kappa shape index (κ1) is 17.9. The van der Waals surface area contributed by atoms with E-state index in [2.05, 4.69) is 10.1 Å². The second kappa shape index (κ2) is 8.39. The molecule has 0 unspecified atom stereocenters. The largest absolute Gasteiger partial charge is 0.452 e. The molecule has 5 nitrogen and oxygen atoms in total. The zero-order valence-electron chi connectivity index (χ0n) is 12.7. The van der Waals surface area contributed by atoms with Crippen molar-refractivity contribution in [3.63, 3.8) is 0 Å². The van der Waals surface area contributed by atoms with Crippen molar-refractivity contribution in [2.45, 2.75) is 19.6 Å². The Kier molecular flexibility index (Phi) is 6.25. The minimum Gasteiger partial charge on any atom is -0.452 e. The Morgan fingerprint density at radius 3 is 2.50 bits per heavy atom. The number of alkyl halides is 2. The number of amides is 1. The number of esters is 1. The molecule has 0 spiro atoms. The van der Waals surface area contributed by atoms with Crippen LogP contribution in [0.5, 0.6) is 5.75 Å². The monoisotopic (exact) mass is 355 g/mol. The molecule has 2 rings (SSSR count). The minimum absolute atomic E-state index is 0.0657. The average Bonchev–Trinajstić information content (AvgIpc) is 3.07. The van der Waals surface area contributed by atoms with Gasteiger partial charge in [-0.25, -0.2) is 4.79 Å². The number of nitrogens with one attached hydrogen (secondary N) is 1. The van der Waals surface area contributed by atoms with Gasteiger partial charge in [0.15, 0.2) is 6.61 Å². The van der Waals surface area contributed by atoms with Gasteiger partial charge < -0.3 is 14.8 Å². The number of carbonyl (C=O) groups excluding carboxylic acids is 2. The van der Waals surface area contributed by atoms with Crippen LogP contribution >= 0.6 is 11.3 Å². The molecule has 1 amide bonds. The lowest BCUT2D eigenvalue weighted by Gasteiger charge is -2.12. The van der Waals surface area contributed by atoms with Gasteiger partial charge in [-0.05, 0) is 42.6 Å². The van der Waals surface area contributed by atoms with Crippen LogP contribution in [0.4, 0.5) is 8.78 Å². The lowest BCUT2D eigenvalue weighted by atomic mass is 10.2. The van der Waals surface area contributed by atoms with Crippen molar-refractivity contribution < 1.29 is 27.8 Å². The lowest BCUT2D eigenvalue weighted by Crippen LogP contribution is -2.30. The summed E-state index contributed by atoms with van der Waals surface area (Å²) in [7, 11) is 0. The SMILES string of the molecule is C[C@@H](NC(=O)COC(=O)c1ccc(OC(F)F)cc1)c1cccs1. The van der Waals surface area contributed by atoms with Crippen molar-refractivity contribution in [3.8, 4) is 5.75 Å². The van der Waals surface area contributed by atoms with Crippen molar-refractivity contribution >= 4 is 23.2 Å². The summed E-state index contributed by atoms with van der Waals surface area (Å²) in [5.74, 6) is -1.22. The normalized spacial score (nSPS) is 11.8. The van der Waals surface area contributed by atoms with Gasteiger partial charge >= 0.3 is 12.6 Å². The molecule has 0 aliphatic heterocycles. The van der Waals surface area contributed by atoms with Gasteiger partial charge in [-0.3, -0.25) is 4.79 Å². The van der Waals surface area contributed by atoms with E-state index in [0.717, 1.165) is 4.88 Å². The number of rotatable bonds is 7. The fourth-order valence-electron chi connectivity index (χ4n) is 1.88. The molecule has 0 fully saturated rings. The van der Waals surface area contributed by atoms with Crippen LogP contribution in [0.15, 0.2) is 41.8 Å². The van der Waals surface area contributed by atoms with Gasteiger partial charge in [0.25, 0.3) is 5.91 Å². The second-order valence-electron chi connectivity index (χ2n) is 4.78. The van der Waals surface area contributed by atoms with E-state index in [1.165, 1.54) is 35.6 Å². The first-order valence-corrected chi connectivity index (χ1v) is 7.88. The summed E-state index contributed by atoms with van der Waals surface area (Å²) >= 11 is 1.51. The predicted octanol–water partition coefficient (Wildman–Crippen LogP) is 3.38. The third-order valence-electron chi connectivity index (χ3n) is 3.00. The molecule has 0 aliphatic carbocycles. The standard InChI is InChI=1S/C16H15F2NO4S/c1-10(13-3-2-8-24-13)19-14(20)9-22-15(21)11-4-6-12(7-5-11)23-16(17)18/h2-8,10,16H,9H2,1H3,(H,19,20)/t10-/m1/s1. The van der Waals surface area contributed by atoms with E-state index < -0.39 is 25.1 Å². The van der Waals surface area contributed by atoms with Crippen LogP contribution in [0.2, 0.25) is 0 Å². The number of hydrogen-bond donors (Lipinski definition) is 1. The van der Waals surface area contributed by atoms with Crippen molar-refractivity contribution in [1.82, 2.24) is 5.32 Å². The lowest BCUT2D eigenvalue weighted by molar-refractivity contribution is -0.124. The molecule has 1 atom stereocenters. The molecule has 0 aliphatic rings. The fourth-order valence-corrected chi connectivity index (χ4v) is 2.61. The number of benzene rings is 1. The first-order chi connectivity index (χ1) is 11.5. The topological polar surface area (TPSA) is 64.6 Å². The number of halogens is 2. The Bertz CT molecular complexity index is 674. The van der Waals surface area contributed by atoms with Gasteiger partial charge in [0, 0.05) is 4.88 Å². The molecule has 0 bridgehead atoms. The van der Waals surface area contributed by atoms with Crippen LogP contribution in [-0.2, 0) is 9.53 Å². The summed E-state index contributed by atoms with van der Waals surface area (Å²) in [6, 6.07) is 8.61. The highest BCUT2D eigenvalue weighted by atomic mass is 32.1. The Hall–Kier alpha value is -2.48. The van der Waals surface area contributed by atoms with Gasteiger partial charge in [-0.15, -0.1) is 11.3 Å². The summed E-state index contributed by atoms with van der Waals surface area (Å²) in [5, 5.41) is 4.61. The van der Waals surface area contributed by atoms with Crippen LogP contribution < -0.4 is 10.1 Å². The third kappa shape index (κ3) is 5.31. The molecule has 1 N–H and O–H groups in total. The Labute approximate surface area is 141 Å². The number of ether oxygens (including phenoxy) is 2. The van der Waals surface area contributed by atoms with Gasteiger partial charge in [-0.2, -0.15) is 8.78 Å². The minimum atomic E-state index is -2.93. The zero-order chi connectivity index (χ0) is 17.5. The summed E-state index contributed by atoms with van der Waals surface area (Å²) in [4.78, 5) is 24.6. The Morgan fingerprint density at radius 1 is 1.21 bits per heavy atom. The van der Waals surface area contributed by atoms with Gasteiger partial charge in [0.2, 0.25) is 0 Å². The highest BCUT2D eigenvalue weighted by Crippen LogP contribution is 2.18. The molecular weight excluding hydrogens is 340 g/mol. The maximum absolute atomic E-state index is 12.0. The molecule has 0 radical (unpaired) electrons. The maximum atomic E-state index is 12.0. The summed E-state index contributed by atoms with van der Waals surface area (Å²) in [5.41, 5.74) is 0.135. The molecule has 1 heterocycles. The van der Waals surface area contributed by atoms with Gasteiger partial charge in [0.05, 0.1) is 11.6 Å². The molecule has 2 aromatic rings. The third-order valence-corrected chi connectivity index (χ3v) is 4.05. The predicted molar refractivity (Wildman–Crippen MR) is 84.2 cm³/mol. The maximum Gasteiger partial charge on any atom is 0.387 e. The molecular formula is C16H15F2NO4S. The molecule has 24 heavy (non-hydrogen) atoms. The second-order valence-corrected chi connectivity index (χ2v) is 5.76. The van der Waals surface area contributed by atoms with Crippen molar-refractivity contribution in [2.75, 3.05) is 6.61 Å². The highest BCUT2D eigenvalue weighted by molar-refractivity contribution is 7.10. The van der Waals surface area contributed by atoms with Crippen LogP contribution in [0.3, 0.4) is 0 Å². The summed E-state index contributed by atoms with van der Waals surface area (Å²) < 4.78 is 33.1. The van der Waals surface area contributed by atoms with E-state index in [4.69, 9.17) is 4.74 Å². The van der Waals surface area contributed by atoms with E-state index in [1.807, 2.05) is 24.4 Å². The Balaban J connectivity index is 1.80. The smallest absolute Gasteiger partial charge is 0.387 e. The molecule has 0 saturated heterocycles. The summed E-state index contributed by atoms with van der Waals surface area (Å²) in [6.45, 7) is -1.53. The highest BCUT2D eigenvalue weighted by Gasteiger charge is 2.14. The van der Waals surface area contributed by atoms with Crippen LogP contribution in [0.25, 0.3) is 0 Å². The fraction of sp³-hybridized carbons (Fsp3) is 0.250. The van der Waals surface area contributed by atoms with Gasteiger partial charge in [-0.1, -0.05) is 6.07 Å². The van der Waals surface area contributed by atoms with E-state index in [-0.39, 0.29) is 17.4 Å². The van der Waals surface area contributed by atoms with Crippen molar-refractivity contribution in [1.29, 1.82) is 0 Å². The molecule has 128 valence electrons. The van der Waals surface area contributed by atoms with Crippen LogP contribution in [0, 0.1) is 0 Å². The number of thiophene rings is 1. The van der Waals surface area contributed by atoms with E-state index in [1.54, 1.807) is 0 Å². The van der Waals surface area contributed by atoms with E-state index in [0.29, 0.717) is 0 Å².